The Morgan fingerprint density at radius 1 is 1.24 bits per heavy atom. The lowest BCUT2D eigenvalue weighted by Crippen LogP contribution is -2.30. The van der Waals surface area contributed by atoms with E-state index < -0.39 is 23.9 Å². The number of carbonyl (C=O) groups is 3. The van der Waals surface area contributed by atoms with Crippen molar-refractivity contribution >= 4 is 50.1 Å². The zero-order chi connectivity index (χ0) is 21.0. The van der Waals surface area contributed by atoms with Crippen LogP contribution in [-0.2, 0) is 27.1 Å². The van der Waals surface area contributed by atoms with E-state index in [0.29, 0.717) is 15.0 Å². The second-order valence-corrected chi connectivity index (χ2v) is 8.58. The zero-order valence-corrected chi connectivity index (χ0v) is 18.5. The van der Waals surface area contributed by atoms with Crippen LogP contribution in [0.2, 0.25) is 0 Å². The number of hydrogen-bond donors (Lipinski definition) is 1. The lowest BCUT2D eigenvalue weighted by Gasteiger charge is -2.14. The van der Waals surface area contributed by atoms with E-state index >= 15 is 0 Å². The summed E-state index contributed by atoms with van der Waals surface area (Å²) in [4.78, 5) is 42.4. The molecule has 1 atom stereocenters. The van der Waals surface area contributed by atoms with Crippen molar-refractivity contribution in [2.45, 2.75) is 45.6 Å². The molecule has 9 heteroatoms. The maximum atomic E-state index is 12.6. The smallest absolute Gasteiger partial charge is 0.341 e. The summed E-state index contributed by atoms with van der Waals surface area (Å²) in [6.45, 7) is 3.48. The Morgan fingerprint density at radius 2 is 2.00 bits per heavy atom. The summed E-state index contributed by atoms with van der Waals surface area (Å²) in [5.41, 5.74) is 1.62. The molecule has 154 valence electrons. The van der Waals surface area contributed by atoms with Crippen LogP contribution in [0, 0.1) is 0 Å². The summed E-state index contributed by atoms with van der Waals surface area (Å²) in [6.07, 6.45) is 5.58. The first kappa shape index (κ1) is 21.4. The molecule has 0 fully saturated rings. The number of carbonyl (C=O) groups excluding carboxylic acids is 3. The highest BCUT2D eigenvalue weighted by atomic mass is 79.9. The number of thiophene rings is 1. The number of ether oxygens (including phenoxy) is 2. The SMILES string of the molecule is CCOC(=O)c1c(NC(=O)C(C)OC(=O)c2cncc(Br)c2)sc2c1CCCC2. The van der Waals surface area contributed by atoms with Crippen LogP contribution < -0.4 is 5.32 Å². The molecule has 1 N–H and O–H groups in total. The fraction of sp³-hybridized carbons (Fsp3) is 0.400. The number of aromatic nitrogens is 1. The molecule has 2 aromatic heterocycles. The lowest BCUT2D eigenvalue weighted by molar-refractivity contribution is -0.123. The van der Waals surface area contributed by atoms with Crippen LogP contribution in [0.15, 0.2) is 22.9 Å². The van der Waals surface area contributed by atoms with Gasteiger partial charge in [-0.3, -0.25) is 9.78 Å². The van der Waals surface area contributed by atoms with Gasteiger partial charge in [0.05, 0.1) is 17.7 Å². The van der Waals surface area contributed by atoms with Crippen molar-refractivity contribution in [3.05, 3.63) is 44.5 Å². The van der Waals surface area contributed by atoms with Gasteiger partial charge in [0.25, 0.3) is 5.91 Å². The van der Waals surface area contributed by atoms with Gasteiger partial charge >= 0.3 is 11.9 Å². The van der Waals surface area contributed by atoms with Gasteiger partial charge in [0.1, 0.15) is 5.00 Å². The molecule has 2 aromatic rings. The van der Waals surface area contributed by atoms with E-state index in [2.05, 4.69) is 26.2 Å². The molecule has 2 heterocycles. The third-order valence-corrected chi connectivity index (χ3v) is 6.12. The Balaban J connectivity index is 1.75. The molecule has 1 amide bonds. The Hall–Kier alpha value is -2.26. The molecule has 0 spiro atoms. The highest BCUT2D eigenvalue weighted by molar-refractivity contribution is 9.10. The standard InChI is InChI=1S/C20H21BrN2O5S/c1-3-27-20(26)16-14-6-4-5-7-15(14)29-18(16)23-17(24)11(2)28-19(25)12-8-13(21)10-22-9-12/h8-11H,3-7H2,1-2H3,(H,23,24). The molecular formula is C20H21BrN2O5S. The highest BCUT2D eigenvalue weighted by Crippen LogP contribution is 2.38. The zero-order valence-electron chi connectivity index (χ0n) is 16.1. The Labute approximate surface area is 180 Å². The Morgan fingerprint density at radius 3 is 2.72 bits per heavy atom. The summed E-state index contributed by atoms with van der Waals surface area (Å²) in [5.74, 6) is -1.60. The third-order valence-electron chi connectivity index (χ3n) is 4.48. The molecule has 1 aliphatic carbocycles. The van der Waals surface area contributed by atoms with Gasteiger partial charge in [-0.05, 0) is 67.1 Å². The maximum absolute atomic E-state index is 12.6. The molecule has 0 aromatic carbocycles. The van der Waals surface area contributed by atoms with Gasteiger partial charge in [-0.1, -0.05) is 0 Å². The summed E-state index contributed by atoms with van der Waals surface area (Å²) >= 11 is 4.63. The number of anilines is 1. The van der Waals surface area contributed by atoms with Gasteiger partial charge in [0, 0.05) is 21.7 Å². The number of rotatable bonds is 6. The minimum Gasteiger partial charge on any atom is -0.462 e. The summed E-state index contributed by atoms with van der Waals surface area (Å²) < 4.78 is 11.1. The van der Waals surface area contributed by atoms with E-state index in [-0.39, 0.29) is 12.2 Å². The van der Waals surface area contributed by atoms with Crippen LogP contribution in [0.3, 0.4) is 0 Å². The van der Waals surface area contributed by atoms with Crippen LogP contribution in [0.5, 0.6) is 0 Å². The summed E-state index contributed by atoms with van der Waals surface area (Å²) in [6, 6.07) is 1.56. The molecule has 1 unspecified atom stereocenters. The second kappa shape index (κ2) is 9.49. The number of esters is 2. The number of nitrogens with zero attached hydrogens (tertiary/aromatic N) is 1. The predicted molar refractivity (Wildman–Crippen MR) is 112 cm³/mol. The van der Waals surface area contributed by atoms with E-state index in [1.54, 1.807) is 19.2 Å². The number of amides is 1. The average molecular weight is 481 g/mol. The molecule has 29 heavy (non-hydrogen) atoms. The van der Waals surface area contributed by atoms with Gasteiger partial charge in [0.15, 0.2) is 6.10 Å². The third kappa shape index (κ3) is 5.02. The molecule has 0 radical (unpaired) electrons. The second-order valence-electron chi connectivity index (χ2n) is 6.56. The monoisotopic (exact) mass is 480 g/mol. The van der Waals surface area contributed by atoms with Gasteiger partial charge in [-0.25, -0.2) is 9.59 Å². The van der Waals surface area contributed by atoms with Gasteiger partial charge in [-0.15, -0.1) is 11.3 Å². The number of nitrogens with one attached hydrogen (secondary N) is 1. The van der Waals surface area contributed by atoms with E-state index in [1.165, 1.54) is 24.5 Å². The van der Waals surface area contributed by atoms with Gasteiger partial charge < -0.3 is 14.8 Å². The van der Waals surface area contributed by atoms with Crippen molar-refractivity contribution in [3.8, 4) is 0 Å². The fourth-order valence-electron chi connectivity index (χ4n) is 3.09. The van der Waals surface area contributed by atoms with Crippen molar-refractivity contribution < 1.29 is 23.9 Å². The number of halogens is 1. The highest BCUT2D eigenvalue weighted by Gasteiger charge is 2.29. The van der Waals surface area contributed by atoms with Crippen LogP contribution in [0.4, 0.5) is 5.00 Å². The van der Waals surface area contributed by atoms with Crippen molar-refractivity contribution in [2.75, 3.05) is 11.9 Å². The van der Waals surface area contributed by atoms with Crippen molar-refractivity contribution in [1.82, 2.24) is 4.98 Å². The molecule has 0 bridgehead atoms. The van der Waals surface area contributed by atoms with Gasteiger partial charge in [0.2, 0.25) is 0 Å². The van der Waals surface area contributed by atoms with E-state index in [1.807, 2.05) is 0 Å². The largest absolute Gasteiger partial charge is 0.462 e. The summed E-state index contributed by atoms with van der Waals surface area (Å²) in [7, 11) is 0. The normalized spacial score (nSPS) is 13.9. The molecule has 0 saturated carbocycles. The average Bonchev–Trinajstić information content (AvgIpc) is 3.05. The quantitative estimate of drug-likeness (QED) is 0.624. The van der Waals surface area contributed by atoms with Crippen LogP contribution >= 0.6 is 27.3 Å². The first-order valence-electron chi connectivity index (χ1n) is 9.34. The molecule has 3 rings (SSSR count). The van der Waals surface area contributed by atoms with Crippen molar-refractivity contribution in [2.24, 2.45) is 0 Å². The number of aryl methyl sites for hydroxylation is 1. The van der Waals surface area contributed by atoms with Gasteiger partial charge in [-0.2, -0.15) is 0 Å². The molecule has 1 aliphatic rings. The first-order valence-corrected chi connectivity index (χ1v) is 11.0. The molecular weight excluding hydrogens is 460 g/mol. The van der Waals surface area contributed by atoms with Crippen LogP contribution in [-0.4, -0.2) is 35.5 Å². The first-order chi connectivity index (χ1) is 13.9. The van der Waals surface area contributed by atoms with E-state index in [0.717, 1.165) is 36.1 Å². The molecule has 0 saturated heterocycles. The number of pyridine rings is 1. The summed E-state index contributed by atoms with van der Waals surface area (Å²) in [5, 5.41) is 3.20. The minimum absolute atomic E-state index is 0.234. The fourth-order valence-corrected chi connectivity index (χ4v) is 4.74. The number of fused-ring (bicyclic) bond motifs is 1. The number of hydrogen-bond acceptors (Lipinski definition) is 7. The Bertz CT molecular complexity index is 943. The van der Waals surface area contributed by atoms with Crippen molar-refractivity contribution in [1.29, 1.82) is 0 Å². The van der Waals surface area contributed by atoms with Crippen LogP contribution in [0.25, 0.3) is 0 Å². The van der Waals surface area contributed by atoms with Crippen LogP contribution in [0.1, 0.15) is 57.8 Å². The maximum Gasteiger partial charge on any atom is 0.341 e. The van der Waals surface area contributed by atoms with Crippen molar-refractivity contribution in [3.63, 3.8) is 0 Å². The lowest BCUT2D eigenvalue weighted by atomic mass is 9.95. The van der Waals surface area contributed by atoms with E-state index in [4.69, 9.17) is 9.47 Å². The minimum atomic E-state index is -1.05. The van der Waals surface area contributed by atoms with E-state index in [9.17, 15) is 14.4 Å². The molecule has 7 nitrogen and oxygen atoms in total. The topological polar surface area (TPSA) is 94.6 Å². The Kier molecular flexibility index (Phi) is 7.02. The molecule has 0 aliphatic heterocycles. The predicted octanol–water partition coefficient (Wildman–Crippen LogP) is 4.15.